The molecule has 190 valence electrons. The van der Waals surface area contributed by atoms with Crippen molar-refractivity contribution in [3.8, 4) is 11.5 Å². The van der Waals surface area contributed by atoms with Gasteiger partial charge in [-0.3, -0.25) is 0 Å². The van der Waals surface area contributed by atoms with E-state index in [9.17, 15) is 4.21 Å². The van der Waals surface area contributed by atoms with Crippen LogP contribution in [0.3, 0.4) is 0 Å². The van der Waals surface area contributed by atoms with Gasteiger partial charge in [0.15, 0.2) is 0 Å². The molecule has 0 unspecified atom stereocenters. The van der Waals surface area contributed by atoms with Crippen LogP contribution in [-0.4, -0.2) is 17.4 Å². The van der Waals surface area contributed by atoms with Gasteiger partial charge < -0.3 is 9.47 Å². The molecule has 0 atom stereocenters. The Morgan fingerprint density at radius 2 is 0.824 bits per heavy atom. The Bertz CT molecular complexity index is 705. The molecule has 0 saturated carbocycles. The first-order valence-electron chi connectivity index (χ1n) is 13.6. The van der Waals surface area contributed by atoms with Gasteiger partial charge >= 0.3 is 0 Å². The molecule has 0 spiro atoms. The Morgan fingerprint density at radius 1 is 0.500 bits per heavy atom. The molecule has 4 heteroatoms. The van der Waals surface area contributed by atoms with Crippen LogP contribution in [0.2, 0.25) is 0 Å². The topological polar surface area (TPSA) is 35.5 Å². The first-order valence-corrected chi connectivity index (χ1v) is 14.8. The normalized spacial score (nSPS) is 11.1. The van der Waals surface area contributed by atoms with Crippen molar-refractivity contribution in [1.29, 1.82) is 0 Å². The van der Waals surface area contributed by atoms with Crippen LogP contribution < -0.4 is 9.47 Å². The third-order valence-corrected chi connectivity index (χ3v) is 7.51. The lowest BCUT2D eigenvalue weighted by molar-refractivity contribution is 0.304. The molecule has 0 aliphatic rings. The average Bonchev–Trinajstić information content (AvgIpc) is 2.87. The van der Waals surface area contributed by atoms with Gasteiger partial charge in [0.1, 0.15) is 11.5 Å². The molecule has 0 N–H and O–H groups in total. The van der Waals surface area contributed by atoms with E-state index < -0.39 is 10.8 Å². The van der Waals surface area contributed by atoms with Crippen LogP contribution in [0.15, 0.2) is 58.3 Å². The number of ether oxygens (including phenoxy) is 2. The summed E-state index contributed by atoms with van der Waals surface area (Å²) in [5.74, 6) is 1.70. The molecule has 0 bridgehead atoms. The highest BCUT2D eigenvalue weighted by atomic mass is 32.2. The molecular formula is C30H46O3S. The van der Waals surface area contributed by atoms with Crippen molar-refractivity contribution in [2.24, 2.45) is 0 Å². The first-order chi connectivity index (χ1) is 16.7. The van der Waals surface area contributed by atoms with Crippen molar-refractivity contribution in [1.82, 2.24) is 0 Å². The van der Waals surface area contributed by atoms with Crippen LogP contribution in [-0.2, 0) is 10.8 Å². The van der Waals surface area contributed by atoms with Crippen LogP contribution in [0.4, 0.5) is 0 Å². The van der Waals surface area contributed by atoms with Crippen molar-refractivity contribution in [2.75, 3.05) is 13.2 Å². The zero-order valence-corrected chi connectivity index (χ0v) is 22.4. The van der Waals surface area contributed by atoms with Crippen LogP contribution in [0.1, 0.15) is 104 Å². The van der Waals surface area contributed by atoms with E-state index in [1.54, 1.807) is 0 Å². The third-order valence-electron chi connectivity index (χ3n) is 6.11. The Balaban J connectivity index is 1.65. The molecule has 2 aromatic rings. The number of rotatable bonds is 20. The van der Waals surface area contributed by atoms with Gasteiger partial charge in [0.25, 0.3) is 0 Å². The average molecular weight is 487 g/mol. The minimum Gasteiger partial charge on any atom is -0.494 e. The Morgan fingerprint density at radius 3 is 1.18 bits per heavy atom. The van der Waals surface area contributed by atoms with Gasteiger partial charge in [0.05, 0.1) is 24.0 Å². The summed E-state index contributed by atoms with van der Waals surface area (Å²) >= 11 is 0. The number of benzene rings is 2. The van der Waals surface area contributed by atoms with E-state index in [4.69, 9.17) is 9.47 Å². The Hall–Kier alpha value is -1.81. The number of hydrogen-bond donors (Lipinski definition) is 0. The second-order valence-corrected chi connectivity index (χ2v) is 10.6. The fourth-order valence-corrected chi connectivity index (χ4v) is 4.99. The van der Waals surface area contributed by atoms with Crippen LogP contribution >= 0.6 is 0 Å². The van der Waals surface area contributed by atoms with Gasteiger partial charge in [0.2, 0.25) is 0 Å². The quantitative estimate of drug-likeness (QED) is 0.175. The van der Waals surface area contributed by atoms with Crippen molar-refractivity contribution >= 4 is 10.8 Å². The monoisotopic (exact) mass is 486 g/mol. The zero-order chi connectivity index (χ0) is 24.3. The summed E-state index contributed by atoms with van der Waals surface area (Å²) in [5, 5.41) is 0. The molecular weight excluding hydrogens is 440 g/mol. The lowest BCUT2D eigenvalue weighted by Gasteiger charge is -2.09. The van der Waals surface area contributed by atoms with E-state index in [2.05, 4.69) is 13.8 Å². The van der Waals surface area contributed by atoms with E-state index in [0.29, 0.717) is 0 Å². The predicted molar refractivity (Wildman–Crippen MR) is 145 cm³/mol. The maximum Gasteiger partial charge on any atom is 0.119 e. The molecule has 0 fully saturated rings. The van der Waals surface area contributed by atoms with E-state index in [-0.39, 0.29) is 0 Å². The third kappa shape index (κ3) is 12.1. The molecule has 0 radical (unpaired) electrons. The molecule has 0 aliphatic carbocycles. The van der Waals surface area contributed by atoms with E-state index in [1.165, 1.54) is 77.0 Å². The standard InChI is InChI=1S/C30H46O3S/c1-3-5-7-9-11-13-15-25-32-27-17-21-29(22-18-27)34(31)30-23-19-28(20-24-30)33-26-16-14-12-10-8-6-4-2/h17-24H,3-16,25-26H2,1-2H3. The summed E-state index contributed by atoms with van der Waals surface area (Å²) in [4.78, 5) is 1.58. The van der Waals surface area contributed by atoms with Gasteiger partial charge in [-0.15, -0.1) is 0 Å². The maximum atomic E-state index is 12.9. The summed E-state index contributed by atoms with van der Waals surface area (Å²) in [6.45, 7) is 5.99. The van der Waals surface area contributed by atoms with Crippen LogP contribution in [0.25, 0.3) is 0 Å². The smallest absolute Gasteiger partial charge is 0.119 e. The SMILES string of the molecule is CCCCCCCCCOc1ccc(S(=O)c2ccc(OCCCCCCCCC)cc2)cc1. The minimum absolute atomic E-state index is 0.747. The lowest BCUT2D eigenvalue weighted by atomic mass is 10.1. The van der Waals surface area contributed by atoms with Crippen molar-refractivity contribution in [3.63, 3.8) is 0 Å². The van der Waals surface area contributed by atoms with Crippen molar-refractivity contribution in [2.45, 2.75) is 114 Å². The summed E-state index contributed by atoms with van der Waals surface area (Å²) in [6.07, 6.45) is 17.9. The molecule has 3 nitrogen and oxygen atoms in total. The van der Waals surface area contributed by atoms with Gasteiger partial charge in [0, 0.05) is 9.79 Å². The number of unbranched alkanes of at least 4 members (excludes halogenated alkanes) is 12. The van der Waals surface area contributed by atoms with E-state index in [1.807, 2.05) is 48.5 Å². The van der Waals surface area contributed by atoms with Crippen molar-refractivity contribution in [3.05, 3.63) is 48.5 Å². The zero-order valence-electron chi connectivity index (χ0n) is 21.6. The lowest BCUT2D eigenvalue weighted by Crippen LogP contribution is -1.99. The highest BCUT2D eigenvalue weighted by Gasteiger charge is 2.08. The first kappa shape index (κ1) is 28.4. The fraction of sp³-hybridized carbons (Fsp3) is 0.600. The van der Waals surface area contributed by atoms with Gasteiger partial charge in [-0.2, -0.15) is 0 Å². The van der Waals surface area contributed by atoms with Gasteiger partial charge in [-0.1, -0.05) is 90.9 Å². The number of hydrogen-bond acceptors (Lipinski definition) is 3. The summed E-state index contributed by atoms with van der Waals surface area (Å²) < 4.78 is 24.6. The Kier molecular flexibility index (Phi) is 15.5. The molecule has 2 rings (SSSR count). The Labute approximate surface area is 211 Å². The van der Waals surface area contributed by atoms with E-state index >= 15 is 0 Å². The molecule has 0 heterocycles. The van der Waals surface area contributed by atoms with Crippen molar-refractivity contribution < 1.29 is 13.7 Å². The van der Waals surface area contributed by atoms with Crippen LogP contribution in [0.5, 0.6) is 11.5 Å². The predicted octanol–water partition coefficient (Wildman–Crippen LogP) is 9.11. The molecule has 0 amide bonds. The highest BCUT2D eigenvalue weighted by molar-refractivity contribution is 7.85. The van der Waals surface area contributed by atoms with Crippen LogP contribution in [0, 0.1) is 0 Å². The van der Waals surface area contributed by atoms with Gasteiger partial charge in [-0.05, 0) is 61.4 Å². The van der Waals surface area contributed by atoms with E-state index in [0.717, 1.165) is 47.3 Å². The highest BCUT2D eigenvalue weighted by Crippen LogP contribution is 2.22. The molecule has 0 aromatic heterocycles. The van der Waals surface area contributed by atoms with Gasteiger partial charge in [-0.25, -0.2) is 4.21 Å². The summed E-state index contributed by atoms with van der Waals surface area (Å²) in [7, 11) is -1.20. The molecule has 0 aliphatic heterocycles. The molecule has 2 aromatic carbocycles. The largest absolute Gasteiger partial charge is 0.494 e. The second-order valence-electron chi connectivity index (χ2n) is 9.15. The minimum atomic E-state index is -1.20. The molecule has 34 heavy (non-hydrogen) atoms. The second kappa shape index (κ2) is 18.5. The molecule has 0 saturated heterocycles. The summed E-state index contributed by atoms with van der Waals surface area (Å²) in [5.41, 5.74) is 0. The summed E-state index contributed by atoms with van der Waals surface area (Å²) in [6, 6.07) is 15.3. The fourth-order valence-electron chi connectivity index (χ4n) is 3.95. The maximum absolute atomic E-state index is 12.9.